The van der Waals surface area contributed by atoms with Crippen LogP contribution in [-0.4, -0.2) is 42.9 Å². The molecular formula is C28H35N3O2. The highest BCUT2D eigenvalue weighted by molar-refractivity contribution is 6.45. The van der Waals surface area contributed by atoms with Crippen molar-refractivity contribution >= 4 is 28.8 Å². The Kier molecular flexibility index (Phi) is 6.59. The molecule has 2 aromatic carbocycles. The molecule has 33 heavy (non-hydrogen) atoms. The molecule has 0 spiro atoms. The molecule has 0 aliphatic carbocycles. The fourth-order valence-corrected chi connectivity index (χ4v) is 5.27. The van der Waals surface area contributed by atoms with E-state index in [9.17, 15) is 9.59 Å². The maximum absolute atomic E-state index is 13.8. The number of piperidine rings is 1. The minimum atomic E-state index is -0.236. The first-order chi connectivity index (χ1) is 15.8. The van der Waals surface area contributed by atoms with Crippen LogP contribution in [0.5, 0.6) is 0 Å². The van der Waals surface area contributed by atoms with Gasteiger partial charge < -0.3 is 9.80 Å². The van der Waals surface area contributed by atoms with E-state index in [1.807, 2.05) is 55.5 Å². The Balaban J connectivity index is 1.75. The highest BCUT2D eigenvalue weighted by atomic mass is 16.2. The quantitative estimate of drug-likeness (QED) is 0.580. The predicted molar refractivity (Wildman–Crippen MR) is 135 cm³/mol. The van der Waals surface area contributed by atoms with Gasteiger partial charge in [0.05, 0.1) is 11.3 Å². The van der Waals surface area contributed by atoms with Crippen LogP contribution in [0, 0.1) is 18.8 Å². The lowest BCUT2D eigenvalue weighted by atomic mass is 9.91. The molecule has 2 unspecified atom stereocenters. The fourth-order valence-electron chi connectivity index (χ4n) is 5.27. The predicted octanol–water partition coefficient (Wildman–Crippen LogP) is 5.10. The maximum Gasteiger partial charge on any atom is 0.282 e. The second-order valence-corrected chi connectivity index (χ2v) is 9.58. The monoisotopic (exact) mass is 445 g/mol. The number of amides is 2. The number of hydrogen-bond acceptors (Lipinski definition) is 4. The SMILES string of the molecule is CCN(CC)c1ccc(N2C(=O)C(c3ccc(C)cc3)=C(N3CC(C)CC(C)C3)C2=O)cc1. The molecule has 0 radical (unpaired) electrons. The third-order valence-electron chi connectivity index (χ3n) is 6.82. The van der Waals surface area contributed by atoms with Crippen molar-refractivity contribution in [3.63, 3.8) is 0 Å². The van der Waals surface area contributed by atoms with Crippen molar-refractivity contribution < 1.29 is 9.59 Å². The van der Waals surface area contributed by atoms with Gasteiger partial charge in [0.1, 0.15) is 5.70 Å². The molecule has 0 bridgehead atoms. The highest BCUT2D eigenvalue weighted by Crippen LogP contribution is 2.37. The number of anilines is 2. The van der Waals surface area contributed by atoms with Crippen molar-refractivity contribution in [1.82, 2.24) is 4.90 Å². The van der Waals surface area contributed by atoms with Crippen molar-refractivity contribution in [2.45, 2.75) is 41.0 Å². The zero-order valence-corrected chi connectivity index (χ0v) is 20.5. The number of benzene rings is 2. The van der Waals surface area contributed by atoms with Crippen LogP contribution in [0.2, 0.25) is 0 Å². The first-order valence-electron chi connectivity index (χ1n) is 12.1. The third-order valence-corrected chi connectivity index (χ3v) is 6.82. The molecule has 2 aromatic rings. The molecule has 5 nitrogen and oxygen atoms in total. The van der Waals surface area contributed by atoms with Crippen LogP contribution in [0.1, 0.15) is 45.2 Å². The Labute approximate surface area is 197 Å². The zero-order chi connectivity index (χ0) is 23.7. The van der Waals surface area contributed by atoms with E-state index in [1.54, 1.807) is 0 Å². The number of hydrogen-bond donors (Lipinski definition) is 0. The summed E-state index contributed by atoms with van der Waals surface area (Å²) in [5, 5.41) is 0. The number of nitrogens with zero attached hydrogens (tertiary/aromatic N) is 3. The first kappa shape index (κ1) is 23.1. The van der Waals surface area contributed by atoms with Gasteiger partial charge in [-0.25, -0.2) is 4.90 Å². The highest BCUT2D eigenvalue weighted by Gasteiger charge is 2.43. The zero-order valence-electron chi connectivity index (χ0n) is 20.5. The van der Waals surface area contributed by atoms with Crippen molar-refractivity contribution in [3.8, 4) is 0 Å². The van der Waals surface area contributed by atoms with E-state index in [0.717, 1.165) is 49.4 Å². The van der Waals surface area contributed by atoms with Gasteiger partial charge in [-0.15, -0.1) is 0 Å². The Hall–Kier alpha value is -3.08. The maximum atomic E-state index is 13.8. The molecule has 0 saturated carbocycles. The normalized spacial score (nSPS) is 21.2. The molecule has 5 heteroatoms. The van der Waals surface area contributed by atoms with Crippen LogP contribution in [0.25, 0.3) is 5.57 Å². The molecule has 1 fully saturated rings. The summed E-state index contributed by atoms with van der Waals surface area (Å²) in [6.45, 7) is 14.1. The van der Waals surface area contributed by atoms with Crippen LogP contribution >= 0.6 is 0 Å². The summed E-state index contributed by atoms with van der Waals surface area (Å²) in [5.74, 6) is 0.504. The van der Waals surface area contributed by atoms with Gasteiger partial charge in [-0.1, -0.05) is 43.7 Å². The van der Waals surface area contributed by atoms with Crippen molar-refractivity contribution in [2.24, 2.45) is 11.8 Å². The molecule has 2 aliphatic heterocycles. The largest absolute Gasteiger partial charge is 0.372 e. The van der Waals surface area contributed by atoms with Gasteiger partial charge in [0.15, 0.2) is 0 Å². The van der Waals surface area contributed by atoms with Crippen LogP contribution < -0.4 is 9.80 Å². The number of carbonyl (C=O) groups is 2. The van der Waals surface area contributed by atoms with Gasteiger partial charge >= 0.3 is 0 Å². The minimum absolute atomic E-state index is 0.215. The molecular weight excluding hydrogens is 410 g/mol. The van der Waals surface area contributed by atoms with E-state index in [1.165, 1.54) is 4.90 Å². The molecule has 2 amide bonds. The molecule has 2 heterocycles. The molecule has 0 N–H and O–H groups in total. The van der Waals surface area contributed by atoms with E-state index < -0.39 is 0 Å². The van der Waals surface area contributed by atoms with E-state index >= 15 is 0 Å². The lowest BCUT2D eigenvalue weighted by Gasteiger charge is -2.37. The van der Waals surface area contributed by atoms with Crippen LogP contribution in [0.15, 0.2) is 54.2 Å². The number of carbonyl (C=O) groups excluding carboxylic acids is 2. The summed E-state index contributed by atoms with van der Waals surface area (Å²) in [5.41, 5.74) is 4.72. The third kappa shape index (κ3) is 4.41. The Morgan fingerprint density at radius 3 is 1.97 bits per heavy atom. The van der Waals surface area contributed by atoms with Gasteiger partial charge in [0.2, 0.25) is 0 Å². The van der Waals surface area contributed by atoms with Crippen LogP contribution in [-0.2, 0) is 9.59 Å². The first-order valence-corrected chi connectivity index (χ1v) is 12.1. The van der Waals surface area contributed by atoms with Crippen LogP contribution in [0.4, 0.5) is 11.4 Å². The van der Waals surface area contributed by atoms with Gasteiger partial charge in [0.25, 0.3) is 11.8 Å². The second-order valence-electron chi connectivity index (χ2n) is 9.58. The summed E-state index contributed by atoms with van der Waals surface area (Å²) in [6, 6.07) is 15.7. The van der Waals surface area contributed by atoms with Gasteiger partial charge in [-0.05, 0) is 68.9 Å². The van der Waals surface area contributed by atoms with Gasteiger partial charge in [-0.2, -0.15) is 0 Å². The minimum Gasteiger partial charge on any atom is -0.372 e. The Morgan fingerprint density at radius 1 is 0.848 bits per heavy atom. The lowest BCUT2D eigenvalue weighted by Crippen LogP contribution is -2.42. The Morgan fingerprint density at radius 2 is 1.42 bits per heavy atom. The summed E-state index contributed by atoms with van der Waals surface area (Å²) in [6.07, 6.45) is 1.14. The molecule has 0 aromatic heterocycles. The van der Waals surface area contributed by atoms with Crippen molar-refractivity contribution in [1.29, 1.82) is 0 Å². The number of aryl methyl sites for hydroxylation is 1. The second kappa shape index (κ2) is 9.42. The van der Waals surface area contributed by atoms with Crippen molar-refractivity contribution in [2.75, 3.05) is 36.0 Å². The number of rotatable bonds is 6. The fraction of sp³-hybridized carbons (Fsp3) is 0.429. The number of imide groups is 1. The van der Waals surface area contributed by atoms with Crippen LogP contribution in [0.3, 0.4) is 0 Å². The Bertz CT molecular complexity index is 1040. The average Bonchev–Trinajstić information content (AvgIpc) is 3.05. The summed E-state index contributed by atoms with van der Waals surface area (Å²) < 4.78 is 0. The van der Waals surface area contributed by atoms with Gasteiger partial charge in [0, 0.05) is 31.9 Å². The number of likely N-dealkylation sites (tertiary alicyclic amines) is 1. The molecule has 2 atom stereocenters. The summed E-state index contributed by atoms with van der Waals surface area (Å²) >= 11 is 0. The molecule has 2 aliphatic rings. The summed E-state index contributed by atoms with van der Waals surface area (Å²) in [7, 11) is 0. The molecule has 4 rings (SSSR count). The van der Waals surface area contributed by atoms with E-state index in [4.69, 9.17) is 0 Å². The standard InChI is InChI=1S/C28H35N3O2/c1-6-29(7-2)23-12-14-24(15-13-23)31-27(32)25(22-10-8-19(3)9-11-22)26(28(31)33)30-17-20(4)16-21(5)18-30/h8-15,20-21H,6-7,16-18H2,1-5H3. The molecule has 174 valence electrons. The van der Waals surface area contributed by atoms with Crippen molar-refractivity contribution in [3.05, 3.63) is 65.4 Å². The van der Waals surface area contributed by atoms with Gasteiger partial charge in [-0.3, -0.25) is 9.59 Å². The topological polar surface area (TPSA) is 43.9 Å². The molecule has 1 saturated heterocycles. The summed E-state index contributed by atoms with van der Waals surface area (Å²) in [4.78, 5) is 33.3. The average molecular weight is 446 g/mol. The van der Waals surface area contributed by atoms with E-state index in [0.29, 0.717) is 28.8 Å². The van der Waals surface area contributed by atoms with E-state index in [-0.39, 0.29) is 11.8 Å². The smallest absolute Gasteiger partial charge is 0.282 e. The van der Waals surface area contributed by atoms with E-state index in [2.05, 4.69) is 37.5 Å². The lowest BCUT2D eigenvalue weighted by molar-refractivity contribution is -0.120.